The van der Waals surface area contributed by atoms with Gasteiger partial charge in [0.1, 0.15) is 23.7 Å². The smallest absolute Gasteiger partial charge is 0.342 e. The standard InChI is InChI=1S/C20H25IO6S/c1-12(6-8-16(22)24-3)5-7-14-18(25-4)13(2)15-11-27-20(23)17(15)19(14)26-9-10-28-21/h5H,6-11H2,1-4H3/b12-5+. The fraction of sp³-hybridized carbons (Fsp3) is 0.500. The van der Waals surface area contributed by atoms with Gasteiger partial charge in [-0.05, 0) is 53.5 Å². The molecule has 2 rings (SSSR count). The summed E-state index contributed by atoms with van der Waals surface area (Å²) in [7, 11) is 4.65. The number of rotatable bonds is 10. The Morgan fingerprint density at radius 1 is 1.29 bits per heavy atom. The first-order chi connectivity index (χ1) is 13.4. The molecule has 1 aromatic carbocycles. The normalized spacial score (nSPS) is 13.2. The monoisotopic (exact) mass is 520 g/mol. The Bertz CT molecular complexity index is 775. The molecule has 0 saturated heterocycles. The molecule has 1 aliphatic heterocycles. The molecule has 0 N–H and O–H groups in total. The molecule has 0 unspecified atom stereocenters. The van der Waals surface area contributed by atoms with Gasteiger partial charge in [-0.1, -0.05) is 20.6 Å². The number of carbonyl (C=O) groups is 2. The van der Waals surface area contributed by atoms with Crippen molar-refractivity contribution in [2.75, 3.05) is 26.6 Å². The highest BCUT2D eigenvalue weighted by Crippen LogP contribution is 2.43. The van der Waals surface area contributed by atoms with Crippen molar-refractivity contribution in [3.63, 3.8) is 0 Å². The van der Waals surface area contributed by atoms with Crippen molar-refractivity contribution in [2.24, 2.45) is 0 Å². The van der Waals surface area contributed by atoms with Crippen LogP contribution in [0.3, 0.4) is 0 Å². The van der Waals surface area contributed by atoms with E-state index in [0.717, 1.165) is 28.0 Å². The van der Waals surface area contributed by atoms with Crippen LogP contribution in [0.25, 0.3) is 0 Å². The molecule has 28 heavy (non-hydrogen) atoms. The van der Waals surface area contributed by atoms with Crippen LogP contribution < -0.4 is 9.47 Å². The second-order valence-electron chi connectivity index (χ2n) is 6.39. The molecule has 0 saturated carbocycles. The lowest BCUT2D eigenvalue weighted by Crippen LogP contribution is -2.10. The van der Waals surface area contributed by atoms with Gasteiger partial charge in [-0.2, -0.15) is 0 Å². The van der Waals surface area contributed by atoms with Gasteiger partial charge in [0.05, 0.1) is 20.8 Å². The average Bonchev–Trinajstić information content (AvgIpc) is 3.08. The highest BCUT2D eigenvalue weighted by atomic mass is 127. The molecule has 0 amide bonds. The predicted molar refractivity (Wildman–Crippen MR) is 118 cm³/mol. The van der Waals surface area contributed by atoms with Gasteiger partial charge < -0.3 is 18.9 Å². The molecule has 0 radical (unpaired) electrons. The Morgan fingerprint density at radius 3 is 2.68 bits per heavy atom. The predicted octanol–water partition coefficient (Wildman–Crippen LogP) is 4.58. The summed E-state index contributed by atoms with van der Waals surface area (Å²) in [6.45, 7) is 4.62. The molecule has 1 aliphatic rings. The van der Waals surface area contributed by atoms with Crippen LogP contribution in [0.5, 0.6) is 11.5 Å². The fourth-order valence-corrected chi connectivity index (χ4v) is 3.81. The van der Waals surface area contributed by atoms with Crippen LogP contribution >= 0.6 is 30.1 Å². The van der Waals surface area contributed by atoms with Gasteiger partial charge >= 0.3 is 11.9 Å². The van der Waals surface area contributed by atoms with E-state index in [4.69, 9.17) is 18.9 Å². The van der Waals surface area contributed by atoms with E-state index in [1.165, 1.54) is 7.11 Å². The molecule has 0 aliphatic carbocycles. The van der Waals surface area contributed by atoms with Gasteiger partial charge in [0.15, 0.2) is 0 Å². The zero-order valence-electron chi connectivity index (χ0n) is 16.6. The number of allylic oxidation sites excluding steroid dienone is 2. The molecular weight excluding hydrogens is 495 g/mol. The topological polar surface area (TPSA) is 71.1 Å². The third-order valence-corrected chi connectivity index (χ3v) is 6.28. The maximum absolute atomic E-state index is 12.4. The van der Waals surface area contributed by atoms with Gasteiger partial charge in [0, 0.05) is 23.3 Å². The van der Waals surface area contributed by atoms with Crippen molar-refractivity contribution in [2.45, 2.75) is 39.7 Å². The summed E-state index contributed by atoms with van der Waals surface area (Å²) in [5.74, 6) is 1.47. The van der Waals surface area contributed by atoms with E-state index in [0.29, 0.717) is 42.9 Å². The number of esters is 2. The summed E-state index contributed by atoms with van der Waals surface area (Å²) in [5, 5.41) is 0. The van der Waals surface area contributed by atoms with E-state index in [2.05, 4.69) is 21.2 Å². The van der Waals surface area contributed by atoms with Crippen LogP contribution in [0.4, 0.5) is 0 Å². The average molecular weight is 520 g/mol. The SMILES string of the molecule is COC(=O)CC/C(C)=C/Cc1c(OC)c(C)c2c(c1OCCSI)C(=O)OC2. The third kappa shape index (κ3) is 5.34. The maximum Gasteiger partial charge on any atom is 0.342 e. The van der Waals surface area contributed by atoms with E-state index in [1.807, 2.05) is 19.9 Å². The molecule has 1 heterocycles. The molecule has 154 valence electrons. The highest BCUT2D eigenvalue weighted by Gasteiger charge is 2.33. The Hall–Kier alpha value is -1.42. The molecule has 0 bridgehead atoms. The van der Waals surface area contributed by atoms with Gasteiger partial charge in [-0.15, -0.1) is 0 Å². The molecule has 6 nitrogen and oxygen atoms in total. The van der Waals surface area contributed by atoms with E-state index in [9.17, 15) is 9.59 Å². The van der Waals surface area contributed by atoms with Crippen molar-refractivity contribution < 1.29 is 28.5 Å². The van der Waals surface area contributed by atoms with Crippen molar-refractivity contribution in [1.82, 2.24) is 0 Å². The summed E-state index contributed by atoms with van der Waals surface area (Å²) in [5.41, 5.74) is 4.12. The lowest BCUT2D eigenvalue weighted by molar-refractivity contribution is -0.140. The number of halogens is 1. The van der Waals surface area contributed by atoms with Gasteiger partial charge in [-0.25, -0.2) is 4.79 Å². The Labute approximate surface area is 181 Å². The number of cyclic esters (lactones) is 1. The number of ether oxygens (including phenoxy) is 4. The van der Waals surface area contributed by atoms with E-state index < -0.39 is 0 Å². The summed E-state index contributed by atoms with van der Waals surface area (Å²) < 4.78 is 21.7. The maximum atomic E-state index is 12.4. The van der Waals surface area contributed by atoms with E-state index in [1.54, 1.807) is 16.0 Å². The fourth-order valence-electron chi connectivity index (χ4n) is 3.12. The number of benzene rings is 1. The minimum atomic E-state index is -0.356. The quantitative estimate of drug-likeness (QED) is 0.194. The lowest BCUT2D eigenvalue weighted by Gasteiger charge is -2.19. The Kier molecular flexibility index (Phi) is 8.94. The zero-order valence-corrected chi connectivity index (χ0v) is 19.5. The second kappa shape index (κ2) is 10.9. The second-order valence-corrected chi connectivity index (χ2v) is 8.88. The number of hydrogen-bond acceptors (Lipinski definition) is 7. The Balaban J connectivity index is 2.40. The lowest BCUT2D eigenvalue weighted by atomic mass is 9.94. The van der Waals surface area contributed by atoms with Gasteiger partial charge in [0.25, 0.3) is 0 Å². The largest absolute Gasteiger partial charge is 0.496 e. The third-order valence-electron chi connectivity index (χ3n) is 4.64. The minimum Gasteiger partial charge on any atom is -0.496 e. The van der Waals surface area contributed by atoms with Crippen molar-refractivity contribution in [3.05, 3.63) is 33.9 Å². The minimum absolute atomic E-state index is 0.234. The number of carbonyl (C=O) groups excluding carboxylic acids is 2. The molecular formula is C20H25IO6S. The van der Waals surface area contributed by atoms with Crippen LogP contribution in [0.2, 0.25) is 0 Å². The molecule has 0 spiro atoms. The first kappa shape index (κ1) is 22.9. The van der Waals surface area contributed by atoms with Crippen LogP contribution in [0.15, 0.2) is 11.6 Å². The van der Waals surface area contributed by atoms with Crippen molar-refractivity contribution >= 4 is 42.1 Å². The van der Waals surface area contributed by atoms with Crippen LogP contribution in [0.1, 0.15) is 46.8 Å². The summed E-state index contributed by atoms with van der Waals surface area (Å²) >= 11 is 2.22. The summed E-state index contributed by atoms with van der Waals surface area (Å²) in [6, 6.07) is 0. The van der Waals surface area contributed by atoms with Crippen molar-refractivity contribution in [3.8, 4) is 11.5 Å². The van der Waals surface area contributed by atoms with Gasteiger partial charge in [0.2, 0.25) is 0 Å². The molecule has 8 heteroatoms. The molecule has 0 aromatic heterocycles. The van der Waals surface area contributed by atoms with Crippen LogP contribution in [-0.4, -0.2) is 38.5 Å². The first-order valence-electron chi connectivity index (χ1n) is 8.92. The number of fused-ring (bicyclic) bond motifs is 1. The van der Waals surface area contributed by atoms with Crippen molar-refractivity contribution in [1.29, 1.82) is 0 Å². The zero-order chi connectivity index (χ0) is 20.7. The Morgan fingerprint density at radius 2 is 2.04 bits per heavy atom. The molecule has 0 fully saturated rings. The highest BCUT2D eigenvalue weighted by molar-refractivity contribution is 14.2. The van der Waals surface area contributed by atoms with E-state index >= 15 is 0 Å². The molecule has 0 atom stereocenters. The number of methoxy groups -OCH3 is 2. The molecule has 1 aromatic rings. The first-order valence-corrected chi connectivity index (χ1v) is 12.5. The van der Waals surface area contributed by atoms with Crippen LogP contribution in [0, 0.1) is 6.92 Å². The summed E-state index contributed by atoms with van der Waals surface area (Å²) in [6.07, 6.45) is 3.52. The van der Waals surface area contributed by atoms with Gasteiger partial charge in [-0.3, -0.25) is 4.79 Å². The summed E-state index contributed by atoms with van der Waals surface area (Å²) in [4.78, 5) is 23.7. The van der Waals surface area contributed by atoms with Crippen LogP contribution in [-0.2, 0) is 27.3 Å². The van der Waals surface area contributed by atoms with E-state index in [-0.39, 0.29) is 18.5 Å². The number of hydrogen-bond donors (Lipinski definition) is 0.